The monoisotopic (exact) mass is 472 g/mol. The van der Waals surface area contributed by atoms with Crippen molar-refractivity contribution in [2.75, 3.05) is 6.61 Å². The van der Waals surface area contributed by atoms with Crippen LogP contribution < -0.4 is 0 Å². The van der Waals surface area contributed by atoms with Crippen molar-refractivity contribution in [2.45, 2.75) is 104 Å². The summed E-state index contributed by atoms with van der Waals surface area (Å²) >= 11 is 0. The molecule has 1 heterocycles. The molecule has 5 aliphatic rings. The second kappa shape index (κ2) is 7.90. The zero-order valence-corrected chi connectivity index (χ0v) is 21.7. The lowest BCUT2D eigenvalue weighted by atomic mass is 9.37. The van der Waals surface area contributed by atoms with Crippen molar-refractivity contribution >= 4 is 11.8 Å². The van der Waals surface area contributed by atoms with Crippen molar-refractivity contribution in [3.63, 3.8) is 0 Å². The number of rotatable bonds is 5. The Hall–Kier alpha value is -1.20. The van der Waals surface area contributed by atoms with Crippen LogP contribution in [0, 0.1) is 45.8 Å². The van der Waals surface area contributed by atoms with Crippen LogP contribution in [-0.4, -0.2) is 40.3 Å². The molecule has 1 aliphatic heterocycles. The van der Waals surface area contributed by atoms with Crippen LogP contribution in [-0.2, 0) is 14.3 Å². The zero-order valence-electron chi connectivity index (χ0n) is 21.7. The van der Waals surface area contributed by atoms with Gasteiger partial charge in [0, 0.05) is 23.8 Å². The predicted octanol–water partition coefficient (Wildman–Crippen LogP) is 5.40. The van der Waals surface area contributed by atoms with Crippen LogP contribution in [0.4, 0.5) is 0 Å². The minimum absolute atomic E-state index is 0.0205. The predicted molar refractivity (Wildman–Crippen MR) is 130 cm³/mol. The first-order valence-electron chi connectivity index (χ1n) is 13.7. The van der Waals surface area contributed by atoms with E-state index in [4.69, 9.17) is 9.84 Å². The van der Waals surface area contributed by atoms with Crippen LogP contribution in [0.25, 0.3) is 0 Å². The number of carboxylic acid groups (broad SMARTS) is 1. The van der Waals surface area contributed by atoms with Crippen LogP contribution in [0.1, 0.15) is 92.4 Å². The Balaban J connectivity index is 1.43. The third-order valence-electron chi connectivity index (χ3n) is 12.3. The molecule has 2 N–H and O–H groups in total. The van der Waals surface area contributed by atoms with Crippen molar-refractivity contribution < 1.29 is 24.5 Å². The molecule has 2 bridgehead atoms. The molecule has 10 unspecified atom stereocenters. The van der Waals surface area contributed by atoms with Gasteiger partial charge in [-0.15, -0.1) is 0 Å². The number of carbonyl (C=O) groups is 2. The number of fused-ring (bicyclic) bond motifs is 2. The van der Waals surface area contributed by atoms with Gasteiger partial charge in [0.2, 0.25) is 0 Å². The molecule has 1 saturated heterocycles. The fraction of sp³-hybridized carbons (Fsp3) is 0.862. The molecule has 1 spiro atoms. The Morgan fingerprint density at radius 2 is 1.88 bits per heavy atom. The number of allylic oxidation sites excluding steroid dienone is 1. The van der Waals surface area contributed by atoms with E-state index in [0.717, 1.165) is 44.9 Å². The van der Waals surface area contributed by atoms with E-state index >= 15 is 0 Å². The SMILES string of the molecule is C/C(=C\CCC(C)C1CCC2(C)C3CCC45OCC3(C(=O)CC12C)C4CCC(O)C5C)C(=O)O. The molecule has 34 heavy (non-hydrogen) atoms. The molecule has 5 rings (SSSR count). The van der Waals surface area contributed by atoms with E-state index in [-0.39, 0.29) is 39.8 Å². The van der Waals surface area contributed by atoms with E-state index in [2.05, 4.69) is 27.7 Å². The van der Waals surface area contributed by atoms with Crippen LogP contribution in [0.15, 0.2) is 11.6 Å². The maximum atomic E-state index is 14.3. The van der Waals surface area contributed by atoms with Gasteiger partial charge < -0.3 is 14.9 Å². The summed E-state index contributed by atoms with van der Waals surface area (Å²) in [6.07, 6.45) is 9.95. The molecule has 5 nitrogen and oxygen atoms in total. The highest BCUT2D eigenvalue weighted by Gasteiger charge is 2.77. The van der Waals surface area contributed by atoms with Crippen LogP contribution in [0.2, 0.25) is 0 Å². The molecule has 0 aromatic carbocycles. The first-order valence-corrected chi connectivity index (χ1v) is 13.7. The quantitative estimate of drug-likeness (QED) is 0.523. The molecule has 5 heteroatoms. The lowest BCUT2D eigenvalue weighted by Gasteiger charge is -2.64. The molecule has 0 aromatic heterocycles. The summed E-state index contributed by atoms with van der Waals surface area (Å²) in [6, 6.07) is 0. The van der Waals surface area contributed by atoms with E-state index < -0.39 is 5.97 Å². The van der Waals surface area contributed by atoms with Gasteiger partial charge in [0.05, 0.1) is 23.7 Å². The molecule has 0 aromatic rings. The van der Waals surface area contributed by atoms with Gasteiger partial charge in [0.15, 0.2) is 0 Å². The number of ketones is 1. The number of ether oxygens (including phenoxy) is 1. The Morgan fingerprint density at radius 3 is 2.59 bits per heavy atom. The van der Waals surface area contributed by atoms with Crippen LogP contribution >= 0.6 is 0 Å². The molecule has 5 fully saturated rings. The number of carbonyl (C=O) groups excluding carboxylic acids is 1. The molecule has 10 atom stereocenters. The number of carboxylic acids is 1. The number of aliphatic hydroxyl groups is 1. The molecular weight excluding hydrogens is 428 g/mol. The number of aliphatic hydroxyl groups excluding tert-OH is 1. The van der Waals surface area contributed by atoms with Gasteiger partial charge in [0.25, 0.3) is 0 Å². The number of hydrogen-bond acceptors (Lipinski definition) is 4. The van der Waals surface area contributed by atoms with E-state index in [9.17, 15) is 14.7 Å². The van der Waals surface area contributed by atoms with Crippen LogP contribution in [0.3, 0.4) is 0 Å². The second-order valence-electron chi connectivity index (χ2n) is 13.2. The van der Waals surface area contributed by atoms with Crippen molar-refractivity contribution in [2.24, 2.45) is 45.8 Å². The molecule has 0 radical (unpaired) electrons. The average molecular weight is 473 g/mol. The Labute approximate surface area is 204 Å². The Kier molecular flexibility index (Phi) is 5.69. The summed E-state index contributed by atoms with van der Waals surface area (Å²) in [5.41, 5.74) is -0.157. The van der Waals surface area contributed by atoms with Crippen molar-refractivity contribution in [3.05, 3.63) is 11.6 Å². The zero-order chi connectivity index (χ0) is 24.7. The normalized spacial score (nSPS) is 50.9. The highest BCUT2D eigenvalue weighted by atomic mass is 16.5. The van der Waals surface area contributed by atoms with Crippen molar-refractivity contribution in [3.8, 4) is 0 Å². The van der Waals surface area contributed by atoms with E-state index in [0.29, 0.717) is 42.1 Å². The highest BCUT2D eigenvalue weighted by Crippen LogP contribution is 2.77. The summed E-state index contributed by atoms with van der Waals surface area (Å²) in [5.74, 6) is 1.25. The van der Waals surface area contributed by atoms with E-state index in [1.165, 1.54) is 6.42 Å². The van der Waals surface area contributed by atoms with E-state index in [1.807, 2.05) is 6.08 Å². The lowest BCUT2D eigenvalue weighted by Crippen LogP contribution is -2.67. The minimum atomic E-state index is -0.840. The molecule has 190 valence electrons. The van der Waals surface area contributed by atoms with Gasteiger partial charge in [-0.05, 0) is 86.9 Å². The van der Waals surface area contributed by atoms with Gasteiger partial charge in [-0.2, -0.15) is 0 Å². The van der Waals surface area contributed by atoms with Crippen LogP contribution in [0.5, 0.6) is 0 Å². The van der Waals surface area contributed by atoms with Gasteiger partial charge in [-0.1, -0.05) is 33.8 Å². The topological polar surface area (TPSA) is 83.8 Å². The summed E-state index contributed by atoms with van der Waals surface area (Å²) in [6.45, 7) is 11.6. The summed E-state index contributed by atoms with van der Waals surface area (Å²) in [5, 5.41) is 19.8. The van der Waals surface area contributed by atoms with Crippen molar-refractivity contribution in [1.29, 1.82) is 0 Å². The third-order valence-corrected chi connectivity index (χ3v) is 12.3. The summed E-state index contributed by atoms with van der Waals surface area (Å²) in [7, 11) is 0. The van der Waals surface area contributed by atoms with Gasteiger partial charge >= 0.3 is 5.97 Å². The van der Waals surface area contributed by atoms with Gasteiger partial charge in [-0.25, -0.2) is 4.79 Å². The number of hydrogen-bond donors (Lipinski definition) is 2. The first-order chi connectivity index (χ1) is 15.9. The standard InChI is InChI=1S/C29H44O5/c1-17(7-6-8-18(2)25(32)33)20-11-13-26(4)22-12-14-29-19(3)21(30)9-10-23(29)28(22,16-34-29)24(31)15-27(20,26)5/h8,17,19-23,30H,6-7,9-16H2,1-5H3,(H,32,33)/b18-8+. The molecule has 0 amide bonds. The molecular formula is C29H44O5. The smallest absolute Gasteiger partial charge is 0.330 e. The summed E-state index contributed by atoms with van der Waals surface area (Å²) in [4.78, 5) is 25.4. The average Bonchev–Trinajstić information content (AvgIpc) is 3.18. The van der Waals surface area contributed by atoms with Gasteiger partial charge in [-0.3, -0.25) is 4.79 Å². The van der Waals surface area contributed by atoms with Crippen molar-refractivity contribution in [1.82, 2.24) is 0 Å². The Bertz CT molecular complexity index is 910. The highest BCUT2D eigenvalue weighted by molar-refractivity contribution is 5.89. The maximum Gasteiger partial charge on any atom is 0.330 e. The summed E-state index contributed by atoms with van der Waals surface area (Å²) < 4.78 is 6.64. The number of aliphatic carboxylic acids is 1. The lowest BCUT2D eigenvalue weighted by molar-refractivity contribution is -0.191. The largest absolute Gasteiger partial charge is 0.478 e. The first kappa shape index (κ1) is 24.5. The number of Topliss-reactive ketones (excluding diaryl/α,β-unsaturated/α-hetero) is 1. The van der Waals surface area contributed by atoms with Gasteiger partial charge in [0.1, 0.15) is 5.78 Å². The fourth-order valence-corrected chi connectivity index (χ4v) is 10.2. The maximum absolute atomic E-state index is 14.3. The second-order valence-corrected chi connectivity index (χ2v) is 13.2. The molecule has 4 saturated carbocycles. The third kappa shape index (κ3) is 2.92. The molecule has 4 aliphatic carbocycles. The Morgan fingerprint density at radius 1 is 1.15 bits per heavy atom. The fourth-order valence-electron chi connectivity index (χ4n) is 10.2. The minimum Gasteiger partial charge on any atom is -0.478 e. The van der Waals surface area contributed by atoms with E-state index in [1.54, 1.807) is 6.92 Å².